The fraction of sp³-hybridized carbons (Fsp3) is 0.455. The quantitative estimate of drug-likeness (QED) is 0.787. The van der Waals surface area contributed by atoms with E-state index in [0.29, 0.717) is 5.69 Å². The molecule has 0 fully saturated rings. The Balaban J connectivity index is 3.13. The molecule has 1 rings (SSSR count). The molecule has 0 heterocycles. The van der Waals surface area contributed by atoms with Gasteiger partial charge in [-0.25, -0.2) is 8.42 Å². The highest BCUT2D eigenvalue weighted by atomic mass is 32.2. The molecule has 3 nitrogen and oxygen atoms in total. The molecule has 0 spiro atoms. The third-order valence-corrected chi connectivity index (χ3v) is 4.17. The van der Waals surface area contributed by atoms with E-state index in [0.717, 1.165) is 0 Å². The van der Waals surface area contributed by atoms with Crippen molar-refractivity contribution in [3.8, 4) is 0 Å². The van der Waals surface area contributed by atoms with Gasteiger partial charge in [-0.2, -0.15) is 0 Å². The monoisotopic (exact) mass is 227 g/mol. The third kappa shape index (κ3) is 3.23. The topological polar surface area (TPSA) is 60.2 Å². The lowest BCUT2D eigenvalue weighted by molar-refractivity contribution is 0.462. The van der Waals surface area contributed by atoms with Gasteiger partial charge in [0.25, 0.3) is 0 Å². The number of rotatable bonds is 2. The van der Waals surface area contributed by atoms with Gasteiger partial charge in [0, 0.05) is 0 Å². The zero-order valence-corrected chi connectivity index (χ0v) is 10.1. The van der Waals surface area contributed by atoms with Crippen molar-refractivity contribution in [1.82, 2.24) is 0 Å². The molecule has 0 saturated carbocycles. The average Bonchev–Trinajstić information content (AvgIpc) is 1.99. The number of nitrogen functional groups attached to an aromatic ring is 1. The van der Waals surface area contributed by atoms with Crippen LogP contribution in [0.5, 0.6) is 0 Å². The second-order valence-electron chi connectivity index (χ2n) is 4.86. The van der Waals surface area contributed by atoms with Gasteiger partial charge < -0.3 is 5.73 Å². The summed E-state index contributed by atoms with van der Waals surface area (Å²) in [6.07, 6.45) is 0. The van der Waals surface area contributed by atoms with Gasteiger partial charge in [-0.05, 0) is 17.5 Å². The predicted octanol–water partition coefficient (Wildman–Crippen LogP) is 2.09. The van der Waals surface area contributed by atoms with Crippen molar-refractivity contribution in [1.29, 1.82) is 0 Å². The summed E-state index contributed by atoms with van der Waals surface area (Å²) in [6, 6.07) is 6.57. The van der Waals surface area contributed by atoms with Gasteiger partial charge in [-0.1, -0.05) is 32.9 Å². The van der Waals surface area contributed by atoms with Crippen LogP contribution in [0.2, 0.25) is 0 Å². The van der Waals surface area contributed by atoms with Crippen LogP contribution >= 0.6 is 0 Å². The maximum Gasteiger partial charge on any atom is 0.180 e. The van der Waals surface area contributed by atoms with Crippen molar-refractivity contribution in [3.05, 3.63) is 24.3 Å². The number of anilines is 1. The van der Waals surface area contributed by atoms with E-state index in [9.17, 15) is 8.42 Å². The maximum atomic E-state index is 12.0. The van der Waals surface area contributed by atoms with E-state index in [2.05, 4.69) is 0 Å². The molecule has 0 saturated heterocycles. The molecule has 0 atom stereocenters. The Bertz CT molecular complexity index is 444. The SMILES string of the molecule is CC(C)(C)CS(=O)(=O)c1ccccc1N. The summed E-state index contributed by atoms with van der Waals surface area (Å²) >= 11 is 0. The first-order valence-electron chi connectivity index (χ1n) is 4.80. The fourth-order valence-corrected chi connectivity index (χ4v) is 3.42. The van der Waals surface area contributed by atoms with Gasteiger partial charge in [-0.15, -0.1) is 0 Å². The molecule has 0 aromatic heterocycles. The summed E-state index contributed by atoms with van der Waals surface area (Å²) in [4.78, 5) is 0.236. The molecular weight excluding hydrogens is 210 g/mol. The summed E-state index contributed by atoms with van der Waals surface area (Å²) in [5.74, 6) is 0.105. The molecule has 0 radical (unpaired) electrons. The summed E-state index contributed by atoms with van der Waals surface area (Å²) in [5, 5.41) is 0. The van der Waals surface area contributed by atoms with Crippen molar-refractivity contribution in [3.63, 3.8) is 0 Å². The van der Waals surface area contributed by atoms with Crippen LogP contribution in [0.15, 0.2) is 29.2 Å². The van der Waals surface area contributed by atoms with Gasteiger partial charge in [-0.3, -0.25) is 0 Å². The van der Waals surface area contributed by atoms with E-state index in [1.54, 1.807) is 24.3 Å². The average molecular weight is 227 g/mol. The largest absolute Gasteiger partial charge is 0.398 e. The van der Waals surface area contributed by atoms with E-state index < -0.39 is 9.84 Å². The minimum absolute atomic E-state index is 0.105. The van der Waals surface area contributed by atoms with Crippen LogP contribution in [-0.2, 0) is 9.84 Å². The molecule has 1 aromatic rings. The zero-order chi connectivity index (χ0) is 11.7. The van der Waals surface area contributed by atoms with Crippen molar-refractivity contribution in [2.24, 2.45) is 5.41 Å². The van der Waals surface area contributed by atoms with Gasteiger partial charge in [0.05, 0.1) is 16.3 Å². The predicted molar refractivity (Wildman–Crippen MR) is 62.4 cm³/mol. The summed E-state index contributed by atoms with van der Waals surface area (Å²) in [7, 11) is -3.27. The summed E-state index contributed by atoms with van der Waals surface area (Å²) in [6.45, 7) is 5.68. The van der Waals surface area contributed by atoms with E-state index in [1.165, 1.54) is 0 Å². The molecule has 0 bridgehead atoms. The van der Waals surface area contributed by atoms with Gasteiger partial charge in [0.1, 0.15) is 0 Å². The van der Waals surface area contributed by atoms with Gasteiger partial charge in [0.2, 0.25) is 0 Å². The first-order chi connectivity index (χ1) is 6.72. The van der Waals surface area contributed by atoms with Gasteiger partial charge in [0.15, 0.2) is 9.84 Å². The molecule has 0 unspecified atom stereocenters. The first kappa shape index (κ1) is 12.0. The second kappa shape index (κ2) is 3.85. The number of para-hydroxylation sites is 1. The lowest BCUT2D eigenvalue weighted by atomic mass is 10.0. The van der Waals surface area contributed by atoms with E-state index in [4.69, 9.17) is 5.73 Å². The minimum atomic E-state index is -3.27. The van der Waals surface area contributed by atoms with E-state index in [1.807, 2.05) is 20.8 Å². The minimum Gasteiger partial charge on any atom is -0.398 e. The van der Waals surface area contributed by atoms with Gasteiger partial charge >= 0.3 is 0 Å². The van der Waals surface area contributed by atoms with Crippen LogP contribution in [0.1, 0.15) is 20.8 Å². The number of sulfone groups is 1. The Morgan fingerprint density at radius 2 is 1.73 bits per heavy atom. The first-order valence-corrected chi connectivity index (χ1v) is 6.45. The van der Waals surface area contributed by atoms with Crippen LogP contribution < -0.4 is 5.73 Å². The second-order valence-corrected chi connectivity index (χ2v) is 6.82. The van der Waals surface area contributed by atoms with Crippen LogP contribution in [0.4, 0.5) is 5.69 Å². The Kier molecular flexibility index (Phi) is 3.09. The number of hydrogen-bond acceptors (Lipinski definition) is 3. The lowest BCUT2D eigenvalue weighted by Crippen LogP contribution is -2.21. The highest BCUT2D eigenvalue weighted by Crippen LogP contribution is 2.25. The van der Waals surface area contributed by atoms with Crippen molar-refractivity contribution < 1.29 is 8.42 Å². The lowest BCUT2D eigenvalue weighted by Gasteiger charge is -2.18. The molecule has 2 N–H and O–H groups in total. The highest BCUT2D eigenvalue weighted by molar-refractivity contribution is 7.91. The van der Waals surface area contributed by atoms with Crippen LogP contribution in [0.3, 0.4) is 0 Å². The molecule has 0 aliphatic heterocycles. The highest BCUT2D eigenvalue weighted by Gasteiger charge is 2.24. The Morgan fingerprint density at radius 3 is 2.20 bits per heavy atom. The normalized spacial score (nSPS) is 12.7. The van der Waals surface area contributed by atoms with E-state index >= 15 is 0 Å². The summed E-state index contributed by atoms with van der Waals surface area (Å²) < 4.78 is 24.0. The molecule has 0 amide bonds. The van der Waals surface area contributed by atoms with E-state index in [-0.39, 0.29) is 16.1 Å². The molecule has 0 aliphatic carbocycles. The Hall–Kier alpha value is -1.03. The zero-order valence-electron chi connectivity index (χ0n) is 9.32. The number of hydrogen-bond donors (Lipinski definition) is 1. The molecule has 84 valence electrons. The van der Waals surface area contributed by atoms with Crippen molar-refractivity contribution in [2.45, 2.75) is 25.7 Å². The van der Waals surface area contributed by atoms with Crippen LogP contribution in [0.25, 0.3) is 0 Å². The molecule has 0 aliphatic rings. The van der Waals surface area contributed by atoms with Crippen LogP contribution in [-0.4, -0.2) is 14.2 Å². The summed E-state index contributed by atoms with van der Waals surface area (Å²) in [5.41, 5.74) is 5.70. The maximum absolute atomic E-state index is 12.0. The van der Waals surface area contributed by atoms with Crippen LogP contribution in [0, 0.1) is 5.41 Å². The third-order valence-electron chi connectivity index (χ3n) is 1.88. The van der Waals surface area contributed by atoms with Crippen molar-refractivity contribution >= 4 is 15.5 Å². The molecule has 1 aromatic carbocycles. The number of nitrogens with two attached hydrogens (primary N) is 1. The molecular formula is C11H17NO2S. The van der Waals surface area contributed by atoms with Crippen molar-refractivity contribution in [2.75, 3.05) is 11.5 Å². The Labute approximate surface area is 91.2 Å². The molecule has 4 heteroatoms. The smallest absolute Gasteiger partial charge is 0.180 e. The standard InChI is InChI=1S/C11H17NO2S/c1-11(2,3)8-15(13,14)10-7-5-4-6-9(10)12/h4-7H,8,12H2,1-3H3. The number of benzene rings is 1. The molecule has 15 heavy (non-hydrogen) atoms. The fourth-order valence-electron chi connectivity index (χ4n) is 1.41. The Morgan fingerprint density at radius 1 is 1.20 bits per heavy atom.